The van der Waals surface area contributed by atoms with E-state index in [9.17, 15) is 9.59 Å². The number of likely N-dealkylation sites (tertiary alicyclic amines) is 1. The summed E-state index contributed by atoms with van der Waals surface area (Å²) in [4.78, 5) is 24.5. The molecule has 0 aromatic rings. The lowest BCUT2D eigenvalue weighted by Crippen LogP contribution is -2.57. The van der Waals surface area contributed by atoms with E-state index in [1.165, 1.54) is 0 Å². The fourth-order valence-electron chi connectivity index (χ4n) is 2.13. The van der Waals surface area contributed by atoms with Crippen LogP contribution in [0.1, 0.15) is 40.0 Å². The zero-order valence-electron chi connectivity index (χ0n) is 11.4. The van der Waals surface area contributed by atoms with Crippen molar-refractivity contribution in [2.24, 2.45) is 11.5 Å². The lowest BCUT2D eigenvalue weighted by molar-refractivity contribution is -0.119. The van der Waals surface area contributed by atoms with Crippen LogP contribution in [0.5, 0.6) is 0 Å². The minimum atomic E-state index is -0.721. The summed E-state index contributed by atoms with van der Waals surface area (Å²) < 4.78 is 5.29. The van der Waals surface area contributed by atoms with E-state index in [-0.39, 0.29) is 12.5 Å². The summed E-state index contributed by atoms with van der Waals surface area (Å²) in [6.07, 6.45) is 1.14. The van der Waals surface area contributed by atoms with Crippen LogP contribution in [-0.4, -0.2) is 41.1 Å². The molecule has 0 saturated carbocycles. The van der Waals surface area contributed by atoms with Gasteiger partial charge in [-0.05, 0) is 33.6 Å². The summed E-state index contributed by atoms with van der Waals surface area (Å²) in [6, 6.07) is 0. The highest BCUT2D eigenvalue weighted by Crippen LogP contribution is 2.23. The molecule has 1 rings (SSSR count). The Bertz CT molecular complexity index is 338. The van der Waals surface area contributed by atoms with Crippen molar-refractivity contribution >= 4 is 12.0 Å². The summed E-state index contributed by atoms with van der Waals surface area (Å²) in [5.74, 6) is -0.441. The van der Waals surface area contributed by atoms with E-state index in [1.807, 2.05) is 20.8 Å². The van der Waals surface area contributed by atoms with Gasteiger partial charge >= 0.3 is 6.09 Å². The number of hydrogen-bond donors (Lipinski definition) is 2. The maximum atomic E-state index is 11.9. The minimum Gasteiger partial charge on any atom is -0.444 e. The second-order valence-corrected chi connectivity index (χ2v) is 6.01. The van der Waals surface area contributed by atoms with E-state index in [2.05, 4.69) is 0 Å². The van der Waals surface area contributed by atoms with Crippen molar-refractivity contribution in [1.82, 2.24) is 4.90 Å². The minimum absolute atomic E-state index is 0.0896. The van der Waals surface area contributed by atoms with E-state index in [4.69, 9.17) is 16.2 Å². The second kappa shape index (κ2) is 5.14. The molecule has 1 atom stereocenters. The lowest BCUT2D eigenvalue weighted by Gasteiger charge is -2.40. The van der Waals surface area contributed by atoms with Gasteiger partial charge in [-0.15, -0.1) is 0 Å². The van der Waals surface area contributed by atoms with Crippen molar-refractivity contribution in [2.45, 2.75) is 51.2 Å². The molecular weight excluding hydrogens is 234 g/mol. The van der Waals surface area contributed by atoms with Gasteiger partial charge in [0.05, 0.1) is 0 Å². The predicted molar refractivity (Wildman–Crippen MR) is 67.8 cm³/mol. The topological polar surface area (TPSA) is 98.7 Å². The number of hydrogen-bond acceptors (Lipinski definition) is 4. The van der Waals surface area contributed by atoms with E-state index in [0.29, 0.717) is 19.5 Å². The Morgan fingerprint density at radius 2 is 2.00 bits per heavy atom. The first kappa shape index (κ1) is 14.8. The van der Waals surface area contributed by atoms with E-state index in [1.54, 1.807) is 4.90 Å². The number of carbonyl (C=O) groups excluding carboxylic acids is 2. The molecule has 0 bridgehead atoms. The first-order valence-corrected chi connectivity index (χ1v) is 6.16. The molecule has 6 nitrogen and oxygen atoms in total. The van der Waals surface area contributed by atoms with E-state index < -0.39 is 17.0 Å². The monoisotopic (exact) mass is 257 g/mol. The Kier molecular flexibility index (Phi) is 4.21. The Morgan fingerprint density at radius 1 is 1.39 bits per heavy atom. The van der Waals surface area contributed by atoms with Crippen LogP contribution in [0.3, 0.4) is 0 Å². The molecule has 0 aliphatic carbocycles. The number of nitrogens with two attached hydrogens (primary N) is 2. The summed E-state index contributed by atoms with van der Waals surface area (Å²) in [6.45, 7) is 6.35. The fraction of sp³-hybridized carbons (Fsp3) is 0.833. The molecule has 1 saturated heterocycles. The van der Waals surface area contributed by atoms with Gasteiger partial charge in [0.2, 0.25) is 5.91 Å². The van der Waals surface area contributed by atoms with Crippen LogP contribution < -0.4 is 11.5 Å². The van der Waals surface area contributed by atoms with Gasteiger partial charge in [0, 0.05) is 25.0 Å². The smallest absolute Gasteiger partial charge is 0.410 e. The maximum Gasteiger partial charge on any atom is 0.410 e. The van der Waals surface area contributed by atoms with Gasteiger partial charge in [0.1, 0.15) is 5.60 Å². The molecule has 1 unspecified atom stereocenters. The van der Waals surface area contributed by atoms with Crippen LogP contribution in [0, 0.1) is 0 Å². The summed E-state index contributed by atoms with van der Waals surface area (Å²) in [7, 11) is 0. The molecule has 1 aliphatic rings. The van der Waals surface area contributed by atoms with Gasteiger partial charge in [-0.25, -0.2) is 4.79 Å². The van der Waals surface area contributed by atoms with Crippen LogP contribution in [0.2, 0.25) is 0 Å². The Morgan fingerprint density at radius 3 is 2.50 bits per heavy atom. The van der Waals surface area contributed by atoms with Gasteiger partial charge in [0.15, 0.2) is 0 Å². The lowest BCUT2D eigenvalue weighted by atomic mass is 9.87. The second-order valence-electron chi connectivity index (χ2n) is 6.01. The molecule has 18 heavy (non-hydrogen) atoms. The van der Waals surface area contributed by atoms with Crippen LogP contribution in [0.15, 0.2) is 0 Å². The van der Waals surface area contributed by atoms with Gasteiger partial charge in [-0.2, -0.15) is 0 Å². The normalized spacial score (nSPS) is 24.8. The van der Waals surface area contributed by atoms with Gasteiger partial charge < -0.3 is 21.1 Å². The average Bonchev–Trinajstić information content (AvgIpc) is 2.12. The van der Waals surface area contributed by atoms with Crippen LogP contribution in [0.4, 0.5) is 4.79 Å². The van der Waals surface area contributed by atoms with Gasteiger partial charge in [0.25, 0.3) is 0 Å². The van der Waals surface area contributed by atoms with Crippen LogP contribution in [-0.2, 0) is 9.53 Å². The molecule has 0 aromatic heterocycles. The third kappa shape index (κ3) is 4.52. The fourth-order valence-corrected chi connectivity index (χ4v) is 2.13. The number of ether oxygens (including phenoxy) is 1. The van der Waals surface area contributed by atoms with Crippen molar-refractivity contribution in [3.63, 3.8) is 0 Å². The van der Waals surface area contributed by atoms with Gasteiger partial charge in [-0.3, -0.25) is 4.79 Å². The quantitative estimate of drug-likeness (QED) is 0.756. The molecule has 6 heteroatoms. The van der Waals surface area contributed by atoms with E-state index in [0.717, 1.165) is 6.42 Å². The number of carbonyl (C=O) groups is 2. The van der Waals surface area contributed by atoms with Crippen LogP contribution >= 0.6 is 0 Å². The number of rotatable bonds is 2. The van der Waals surface area contributed by atoms with Crippen molar-refractivity contribution in [3.8, 4) is 0 Å². The summed E-state index contributed by atoms with van der Waals surface area (Å²) in [5.41, 5.74) is 10.0. The average molecular weight is 257 g/mol. The highest BCUT2D eigenvalue weighted by Gasteiger charge is 2.36. The summed E-state index contributed by atoms with van der Waals surface area (Å²) in [5, 5.41) is 0. The number of piperidine rings is 1. The Balaban J connectivity index is 2.63. The molecule has 4 N–H and O–H groups in total. The molecular formula is C12H23N3O3. The predicted octanol–water partition coefficient (Wildman–Crippen LogP) is 0.590. The number of nitrogens with zero attached hydrogens (tertiary/aromatic N) is 1. The molecule has 1 aliphatic heterocycles. The third-order valence-electron chi connectivity index (χ3n) is 2.79. The highest BCUT2D eigenvalue weighted by molar-refractivity contribution is 5.75. The van der Waals surface area contributed by atoms with Gasteiger partial charge in [-0.1, -0.05) is 0 Å². The number of primary amides is 1. The Hall–Kier alpha value is -1.30. The first-order chi connectivity index (χ1) is 8.11. The molecule has 0 spiro atoms. The molecule has 104 valence electrons. The zero-order valence-corrected chi connectivity index (χ0v) is 11.4. The molecule has 0 aromatic carbocycles. The maximum absolute atomic E-state index is 11.9. The molecule has 0 radical (unpaired) electrons. The van der Waals surface area contributed by atoms with Crippen molar-refractivity contribution in [3.05, 3.63) is 0 Å². The Labute approximate surface area is 108 Å². The van der Waals surface area contributed by atoms with Crippen LogP contribution in [0.25, 0.3) is 0 Å². The summed E-state index contributed by atoms with van der Waals surface area (Å²) >= 11 is 0. The third-order valence-corrected chi connectivity index (χ3v) is 2.79. The molecule has 2 amide bonds. The van der Waals surface area contributed by atoms with Crippen molar-refractivity contribution in [2.75, 3.05) is 13.1 Å². The molecule has 1 fully saturated rings. The largest absolute Gasteiger partial charge is 0.444 e. The standard InChI is InChI=1S/C12H23N3O3/c1-11(2,3)18-10(17)15-6-4-5-12(14,8-15)7-9(13)16/h4-8,14H2,1-3H3,(H2,13,16). The zero-order chi connectivity index (χ0) is 14.0. The molecule has 1 heterocycles. The van der Waals surface area contributed by atoms with E-state index >= 15 is 0 Å². The first-order valence-electron chi connectivity index (χ1n) is 6.16. The highest BCUT2D eigenvalue weighted by atomic mass is 16.6. The number of amides is 2. The SMILES string of the molecule is CC(C)(C)OC(=O)N1CCCC(N)(CC(N)=O)C1. The van der Waals surface area contributed by atoms with Crippen molar-refractivity contribution < 1.29 is 14.3 Å². The van der Waals surface area contributed by atoms with Crippen molar-refractivity contribution in [1.29, 1.82) is 0 Å².